The van der Waals surface area contributed by atoms with Crippen molar-refractivity contribution in [1.29, 1.82) is 0 Å². The van der Waals surface area contributed by atoms with E-state index in [4.69, 9.17) is 5.11 Å². The summed E-state index contributed by atoms with van der Waals surface area (Å²) in [5, 5.41) is 11.0. The Balaban J connectivity index is 1.89. The van der Waals surface area contributed by atoms with Gasteiger partial charge in [0.25, 0.3) is 0 Å². The van der Waals surface area contributed by atoms with Crippen molar-refractivity contribution in [2.75, 3.05) is 5.75 Å². The van der Waals surface area contributed by atoms with E-state index in [1.165, 1.54) is 35.1 Å². The van der Waals surface area contributed by atoms with Gasteiger partial charge in [-0.05, 0) is 44.6 Å². The monoisotopic (exact) mass is 322 g/mol. The van der Waals surface area contributed by atoms with Crippen LogP contribution in [0.15, 0.2) is 5.03 Å². The van der Waals surface area contributed by atoms with Crippen LogP contribution in [-0.2, 0) is 17.6 Å². The first-order valence-electron chi connectivity index (χ1n) is 7.28. The molecular weight excluding hydrogens is 304 g/mol. The summed E-state index contributed by atoms with van der Waals surface area (Å²) < 4.78 is 0. The molecule has 0 bridgehead atoms. The summed E-state index contributed by atoms with van der Waals surface area (Å²) in [6, 6.07) is 0. The number of hydrogen-bond donors (Lipinski definition) is 1. The number of thioether (sulfide) groups is 1. The van der Waals surface area contributed by atoms with Gasteiger partial charge in [-0.2, -0.15) is 0 Å². The summed E-state index contributed by atoms with van der Waals surface area (Å²) in [5.41, 5.74) is 1.45. The van der Waals surface area contributed by atoms with Gasteiger partial charge in [0, 0.05) is 22.4 Å². The van der Waals surface area contributed by atoms with Crippen molar-refractivity contribution in [2.45, 2.75) is 50.5 Å². The van der Waals surface area contributed by atoms with Crippen molar-refractivity contribution < 1.29 is 9.90 Å². The fourth-order valence-corrected chi connectivity index (χ4v) is 5.14. The van der Waals surface area contributed by atoms with Gasteiger partial charge in [0.15, 0.2) is 0 Å². The summed E-state index contributed by atoms with van der Waals surface area (Å²) in [5.74, 6) is 0.872. The lowest BCUT2D eigenvalue weighted by atomic mass is 9.97. The number of thiophene rings is 1. The van der Waals surface area contributed by atoms with Crippen LogP contribution in [0.25, 0.3) is 10.2 Å². The molecule has 3 rings (SSSR count). The average Bonchev–Trinajstić information content (AvgIpc) is 2.81. The summed E-state index contributed by atoms with van der Waals surface area (Å²) in [6.45, 7) is 1.93. The molecule has 21 heavy (non-hydrogen) atoms. The molecule has 112 valence electrons. The average molecular weight is 322 g/mol. The highest BCUT2D eigenvalue weighted by Crippen LogP contribution is 2.39. The number of aryl methyl sites for hydroxylation is 3. The third kappa shape index (κ3) is 3.21. The standard InChI is InChI=1S/C15H18N2O2S2/c1-9-16-14(20-8-4-7-12(18)19)13-10-5-2-3-6-11(10)21-15(13)17-9/h2-8H2,1H3,(H,18,19). The third-order valence-electron chi connectivity index (χ3n) is 3.67. The Morgan fingerprint density at radius 3 is 2.95 bits per heavy atom. The Kier molecular flexibility index (Phi) is 4.45. The lowest BCUT2D eigenvalue weighted by Crippen LogP contribution is -2.00. The normalized spacial score (nSPS) is 14.3. The van der Waals surface area contributed by atoms with Crippen molar-refractivity contribution in [3.05, 3.63) is 16.3 Å². The fraction of sp³-hybridized carbons (Fsp3) is 0.533. The van der Waals surface area contributed by atoms with Gasteiger partial charge in [-0.3, -0.25) is 4.79 Å². The number of carboxylic acid groups (broad SMARTS) is 1. The molecule has 0 aliphatic heterocycles. The molecule has 0 radical (unpaired) electrons. The van der Waals surface area contributed by atoms with E-state index < -0.39 is 5.97 Å². The lowest BCUT2D eigenvalue weighted by molar-refractivity contribution is -0.137. The van der Waals surface area contributed by atoms with Gasteiger partial charge in [0.1, 0.15) is 15.7 Å². The van der Waals surface area contributed by atoms with E-state index in [1.54, 1.807) is 11.8 Å². The van der Waals surface area contributed by atoms with E-state index in [1.807, 2.05) is 18.3 Å². The number of aromatic nitrogens is 2. The molecule has 0 aromatic carbocycles. The predicted molar refractivity (Wildman–Crippen MR) is 86.4 cm³/mol. The van der Waals surface area contributed by atoms with Crippen LogP contribution in [0.3, 0.4) is 0 Å². The van der Waals surface area contributed by atoms with Gasteiger partial charge >= 0.3 is 5.97 Å². The zero-order chi connectivity index (χ0) is 14.8. The SMILES string of the molecule is Cc1nc(SCCCC(=O)O)c2c3c(sc2n1)CCCC3. The topological polar surface area (TPSA) is 63.1 Å². The highest BCUT2D eigenvalue weighted by molar-refractivity contribution is 7.99. The van der Waals surface area contributed by atoms with Crippen LogP contribution in [0.1, 0.15) is 41.9 Å². The van der Waals surface area contributed by atoms with Gasteiger partial charge in [-0.25, -0.2) is 9.97 Å². The van der Waals surface area contributed by atoms with Gasteiger partial charge in [0.05, 0.1) is 0 Å². The molecule has 0 spiro atoms. The van der Waals surface area contributed by atoms with Gasteiger partial charge in [-0.1, -0.05) is 0 Å². The van der Waals surface area contributed by atoms with E-state index in [0.29, 0.717) is 6.42 Å². The van der Waals surface area contributed by atoms with E-state index in [-0.39, 0.29) is 6.42 Å². The second-order valence-corrected chi connectivity index (χ2v) is 7.48. The fourth-order valence-electron chi connectivity index (χ4n) is 2.72. The zero-order valence-corrected chi connectivity index (χ0v) is 13.6. The summed E-state index contributed by atoms with van der Waals surface area (Å²) in [7, 11) is 0. The first-order valence-corrected chi connectivity index (χ1v) is 9.09. The maximum Gasteiger partial charge on any atom is 0.303 e. The van der Waals surface area contributed by atoms with E-state index in [9.17, 15) is 4.79 Å². The summed E-state index contributed by atoms with van der Waals surface area (Å²) in [4.78, 5) is 22.4. The molecule has 2 heterocycles. The predicted octanol–water partition coefficient (Wildman–Crippen LogP) is 3.84. The number of fused-ring (bicyclic) bond motifs is 3. The van der Waals surface area contributed by atoms with Gasteiger partial charge in [0.2, 0.25) is 0 Å². The second-order valence-electron chi connectivity index (χ2n) is 5.31. The first kappa shape index (κ1) is 14.8. The van der Waals surface area contributed by atoms with Crippen molar-refractivity contribution in [2.24, 2.45) is 0 Å². The van der Waals surface area contributed by atoms with E-state index in [0.717, 1.165) is 27.9 Å². The molecule has 6 heteroatoms. The summed E-state index contributed by atoms with van der Waals surface area (Å²) >= 11 is 3.49. The minimum Gasteiger partial charge on any atom is -0.481 e. The number of rotatable bonds is 5. The molecule has 0 fully saturated rings. The quantitative estimate of drug-likeness (QED) is 0.515. The Morgan fingerprint density at radius 2 is 2.14 bits per heavy atom. The highest BCUT2D eigenvalue weighted by Gasteiger charge is 2.20. The lowest BCUT2D eigenvalue weighted by Gasteiger charge is -2.11. The van der Waals surface area contributed by atoms with Crippen LogP contribution in [0.2, 0.25) is 0 Å². The maximum absolute atomic E-state index is 10.6. The van der Waals surface area contributed by atoms with Crippen molar-refractivity contribution in [3.8, 4) is 0 Å². The first-order chi connectivity index (χ1) is 10.1. The Hall–Kier alpha value is -1.14. The third-order valence-corrected chi connectivity index (χ3v) is 5.91. The smallest absolute Gasteiger partial charge is 0.303 e. The molecule has 0 unspecified atom stereocenters. The van der Waals surface area contributed by atoms with Gasteiger partial charge in [-0.15, -0.1) is 23.1 Å². The van der Waals surface area contributed by atoms with Crippen molar-refractivity contribution >= 4 is 39.3 Å². The molecular formula is C15H18N2O2S2. The van der Waals surface area contributed by atoms with E-state index in [2.05, 4.69) is 9.97 Å². The van der Waals surface area contributed by atoms with E-state index >= 15 is 0 Å². The minimum atomic E-state index is -0.729. The zero-order valence-electron chi connectivity index (χ0n) is 12.0. The van der Waals surface area contributed by atoms with Crippen LogP contribution >= 0.6 is 23.1 Å². The number of carbonyl (C=O) groups is 1. The maximum atomic E-state index is 10.6. The van der Waals surface area contributed by atoms with Crippen LogP contribution < -0.4 is 0 Å². The van der Waals surface area contributed by atoms with Crippen molar-refractivity contribution in [1.82, 2.24) is 9.97 Å². The molecule has 2 aromatic heterocycles. The van der Waals surface area contributed by atoms with Crippen molar-refractivity contribution in [3.63, 3.8) is 0 Å². The van der Waals surface area contributed by atoms with Gasteiger partial charge < -0.3 is 5.11 Å². The Labute approximate surface area is 132 Å². The number of hydrogen-bond acceptors (Lipinski definition) is 5. The summed E-state index contributed by atoms with van der Waals surface area (Å²) in [6.07, 6.45) is 5.71. The second kappa shape index (κ2) is 6.32. The van der Waals surface area contributed by atoms with Crippen LogP contribution in [0.5, 0.6) is 0 Å². The molecule has 4 nitrogen and oxygen atoms in total. The largest absolute Gasteiger partial charge is 0.481 e. The van der Waals surface area contributed by atoms with Crippen LogP contribution in [-0.4, -0.2) is 26.8 Å². The molecule has 1 aliphatic carbocycles. The van der Waals surface area contributed by atoms with Crippen LogP contribution in [0, 0.1) is 6.92 Å². The molecule has 2 aromatic rings. The Bertz CT molecular complexity index is 682. The minimum absolute atomic E-state index is 0.224. The number of nitrogens with zero attached hydrogens (tertiary/aromatic N) is 2. The molecule has 1 aliphatic rings. The molecule has 0 saturated heterocycles. The molecule has 1 N–H and O–H groups in total. The molecule has 0 amide bonds. The number of carboxylic acids is 1. The highest BCUT2D eigenvalue weighted by atomic mass is 32.2. The Morgan fingerprint density at radius 1 is 1.33 bits per heavy atom. The molecule has 0 atom stereocenters. The van der Waals surface area contributed by atoms with Crippen LogP contribution in [0.4, 0.5) is 0 Å². The molecule has 0 saturated carbocycles. The number of aliphatic carboxylic acids is 1.